The van der Waals surface area contributed by atoms with Crippen molar-refractivity contribution in [1.82, 2.24) is 10.3 Å². The molecule has 1 aromatic carbocycles. The summed E-state index contributed by atoms with van der Waals surface area (Å²) in [5.74, 6) is -1.10. The van der Waals surface area contributed by atoms with Gasteiger partial charge in [-0.1, -0.05) is 30.3 Å². The number of amides is 2. The molecular formula is C24H31N3O5. The van der Waals surface area contributed by atoms with Gasteiger partial charge in [-0.3, -0.25) is 4.79 Å². The van der Waals surface area contributed by atoms with Gasteiger partial charge < -0.3 is 20.1 Å². The Bertz CT molecular complexity index is 946. The lowest BCUT2D eigenvalue weighted by Gasteiger charge is -2.24. The van der Waals surface area contributed by atoms with E-state index in [1.807, 2.05) is 30.3 Å². The predicted molar refractivity (Wildman–Crippen MR) is 121 cm³/mol. The zero-order valence-electron chi connectivity index (χ0n) is 19.4. The fourth-order valence-electron chi connectivity index (χ4n) is 2.72. The zero-order valence-corrected chi connectivity index (χ0v) is 19.4. The van der Waals surface area contributed by atoms with E-state index >= 15 is 0 Å². The lowest BCUT2D eigenvalue weighted by atomic mass is 10.1. The van der Waals surface area contributed by atoms with Crippen LogP contribution in [0.2, 0.25) is 0 Å². The molecule has 0 unspecified atom stereocenters. The van der Waals surface area contributed by atoms with E-state index in [1.54, 1.807) is 47.6 Å². The first-order valence-corrected chi connectivity index (χ1v) is 10.4. The van der Waals surface area contributed by atoms with Crippen LogP contribution < -0.4 is 10.6 Å². The summed E-state index contributed by atoms with van der Waals surface area (Å²) in [7, 11) is 0. The van der Waals surface area contributed by atoms with Crippen molar-refractivity contribution in [3.8, 4) is 0 Å². The Morgan fingerprint density at radius 2 is 1.53 bits per heavy atom. The van der Waals surface area contributed by atoms with E-state index in [0.29, 0.717) is 0 Å². The van der Waals surface area contributed by atoms with Crippen LogP contribution in [0.5, 0.6) is 0 Å². The number of hydrogen-bond donors (Lipinski definition) is 2. The average molecular weight is 442 g/mol. The number of nitrogens with zero attached hydrogens (tertiary/aromatic N) is 1. The van der Waals surface area contributed by atoms with Gasteiger partial charge in [0.15, 0.2) is 0 Å². The van der Waals surface area contributed by atoms with Crippen molar-refractivity contribution < 1.29 is 23.9 Å². The molecule has 2 amide bonds. The number of ether oxygens (including phenoxy) is 2. The minimum Gasteiger partial charge on any atom is -0.456 e. The molecule has 0 bridgehead atoms. The van der Waals surface area contributed by atoms with Gasteiger partial charge in [-0.25, -0.2) is 14.6 Å². The van der Waals surface area contributed by atoms with E-state index in [0.717, 1.165) is 5.56 Å². The third kappa shape index (κ3) is 8.37. The second kappa shape index (κ2) is 10.3. The molecule has 0 fully saturated rings. The molecular weight excluding hydrogens is 410 g/mol. The minimum atomic E-state index is -0.958. The number of hydrogen-bond acceptors (Lipinski definition) is 6. The Labute approximate surface area is 188 Å². The first-order chi connectivity index (χ1) is 14.8. The van der Waals surface area contributed by atoms with Gasteiger partial charge in [0.1, 0.15) is 28.6 Å². The van der Waals surface area contributed by atoms with E-state index in [2.05, 4.69) is 15.6 Å². The van der Waals surface area contributed by atoms with Crippen LogP contribution in [0.25, 0.3) is 0 Å². The number of carbonyl (C=O) groups is 3. The number of nitrogens with one attached hydrogen (secondary N) is 2. The minimum absolute atomic E-state index is 0.0517. The number of alkyl carbamates (subject to hydrolysis) is 1. The van der Waals surface area contributed by atoms with Crippen LogP contribution >= 0.6 is 0 Å². The van der Waals surface area contributed by atoms with Crippen molar-refractivity contribution in [1.29, 1.82) is 0 Å². The molecule has 1 heterocycles. The molecule has 0 aliphatic rings. The summed E-state index contributed by atoms with van der Waals surface area (Å²) >= 11 is 0. The number of aromatic nitrogens is 1. The van der Waals surface area contributed by atoms with Crippen molar-refractivity contribution in [3.05, 3.63) is 59.8 Å². The van der Waals surface area contributed by atoms with Crippen molar-refractivity contribution in [2.75, 3.05) is 5.32 Å². The van der Waals surface area contributed by atoms with Crippen LogP contribution in [0.3, 0.4) is 0 Å². The Balaban J connectivity index is 2.24. The van der Waals surface area contributed by atoms with E-state index in [9.17, 15) is 14.4 Å². The van der Waals surface area contributed by atoms with Crippen molar-refractivity contribution >= 4 is 23.8 Å². The van der Waals surface area contributed by atoms with Gasteiger partial charge in [0.2, 0.25) is 5.91 Å². The molecule has 1 aromatic heterocycles. The number of benzene rings is 1. The zero-order chi connectivity index (χ0) is 23.9. The molecule has 0 spiro atoms. The second-order valence-electron chi connectivity index (χ2n) is 9.28. The summed E-state index contributed by atoms with van der Waals surface area (Å²) in [5.41, 5.74) is -0.464. The molecule has 0 saturated heterocycles. The standard InChI is InChI=1S/C24H31N3O5/c1-23(2,3)31-21(29)17-13-10-14-25-19(17)27-20(28)18(15-16-11-8-7-9-12-16)26-22(30)32-24(4,5)6/h7-14,18H,15H2,1-6H3,(H,26,30)(H,25,27,28)/t18-/m0/s1. The number of anilines is 1. The van der Waals surface area contributed by atoms with Crippen LogP contribution in [0, 0.1) is 0 Å². The molecule has 0 radical (unpaired) electrons. The molecule has 8 heteroatoms. The number of pyridine rings is 1. The molecule has 32 heavy (non-hydrogen) atoms. The molecule has 0 aliphatic heterocycles. The average Bonchev–Trinajstić information content (AvgIpc) is 2.66. The van der Waals surface area contributed by atoms with E-state index in [1.165, 1.54) is 12.3 Å². The summed E-state index contributed by atoms with van der Waals surface area (Å²) in [6, 6.07) is 11.4. The smallest absolute Gasteiger partial charge is 0.408 e. The topological polar surface area (TPSA) is 107 Å². The fraction of sp³-hybridized carbons (Fsp3) is 0.417. The first kappa shape index (κ1) is 24.8. The van der Waals surface area contributed by atoms with Crippen molar-refractivity contribution in [2.45, 2.75) is 65.2 Å². The van der Waals surface area contributed by atoms with Crippen molar-refractivity contribution in [3.63, 3.8) is 0 Å². The Morgan fingerprint density at radius 3 is 2.12 bits per heavy atom. The van der Waals surface area contributed by atoms with Gasteiger partial charge in [-0.05, 0) is 59.2 Å². The third-order valence-electron chi connectivity index (χ3n) is 3.96. The van der Waals surface area contributed by atoms with E-state index in [-0.39, 0.29) is 17.8 Å². The monoisotopic (exact) mass is 441 g/mol. The summed E-state index contributed by atoms with van der Waals surface area (Å²) in [6.45, 7) is 10.5. The largest absolute Gasteiger partial charge is 0.456 e. The molecule has 0 aliphatic carbocycles. The highest BCUT2D eigenvalue weighted by Crippen LogP contribution is 2.18. The highest BCUT2D eigenvalue weighted by Gasteiger charge is 2.27. The summed E-state index contributed by atoms with van der Waals surface area (Å²) in [5, 5.41) is 5.26. The Morgan fingerprint density at radius 1 is 0.906 bits per heavy atom. The van der Waals surface area contributed by atoms with Gasteiger partial charge >= 0.3 is 12.1 Å². The van der Waals surface area contributed by atoms with Crippen molar-refractivity contribution in [2.24, 2.45) is 0 Å². The van der Waals surface area contributed by atoms with Gasteiger partial charge in [0, 0.05) is 12.6 Å². The molecule has 2 aromatic rings. The van der Waals surface area contributed by atoms with Gasteiger partial charge in [-0.2, -0.15) is 0 Å². The predicted octanol–water partition coefficient (Wildman–Crippen LogP) is 4.11. The van der Waals surface area contributed by atoms with Crippen LogP contribution in [0.1, 0.15) is 57.5 Å². The lowest BCUT2D eigenvalue weighted by Crippen LogP contribution is -2.47. The summed E-state index contributed by atoms with van der Waals surface area (Å²) in [4.78, 5) is 42.1. The van der Waals surface area contributed by atoms with Crippen LogP contribution in [-0.4, -0.2) is 40.2 Å². The Kier molecular flexibility index (Phi) is 7.97. The first-order valence-electron chi connectivity index (χ1n) is 10.4. The third-order valence-corrected chi connectivity index (χ3v) is 3.96. The normalized spacial score (nSPS) is 12.4. The lowest BCUT2D eigenvalue weighted by molar-refractivity contribution is -0.118. The highest BCUT2D eigenvalue weighted by molar-refractivity contribution is 6.02. The number of carbonyl (C=O) groups excluding carboxylic acids is 3. The number of rotatable bonds is 6. The molecule has 0 saturated carbocycles. The van der Waals surface area contributed by atoms with E-state index < -0.39 is 35.2 Å². The Hall–Kier alpha value is -3.42. The summed E-state index contributed by atoms with van der Waals surface area (Å²) in [6.07, 6.45) is 0.958. The van der Waals surface area contributed by atoms with Crippen LogP contribution in [0.4, 0.5) is 10.6 Å². The maximum absolute atomic E-state index is 13.1. The maximum Gasteiger partial charge on any atom is 0.408 e. The maximum atomic E-state index is 13.1. The molecule has 2 N–H and O–H groups in total. The van der Waals surface area contributed by atoms with Gasteiger partial charge in [0.25, 0.3) is 0 Å². The quantitative estimate of drug-likeness (QED) is 0.654. The number of esters is 1. The molecule has 1 atom stereocenters. The summed E-state index contributed by atoms with van der Waals surface area (Å²) < 4.78 is 10.7. The fourth-order valence-corrected chi connectivity index (χ4v) is 2.72. The van der Waals surface area contributed by atoms with E-state index in [4.69, 9.17) is 9.47 Å². The molecule has 172 valence electrons. The van der Waals surface area contributed by atoms with Crippen LogP contribution in [-0.2, 0) is 20.7 Å². The highest BCUT2D eigenvalue weighted by atomic mass is 16.6. The van der Waals surface area contributed by atoms with Crippen LogP contribution in [0.15, 0.2) is 48.7 Å². The van der Waals surface area contributed by atoms with Gasteiger partial charge in [0.05, 0.1) is 0 Å². The van der Waals surface area contributed by atoms with Gasteiger partial charge in [-0.15, -0.1) is 0 Å². The SMILES string of the molecule is CC(C)(C)OC(=O)N[C@@H](Cc1ccccc1)C(=O)Nc1ncccc1C(=O)OC(C)(C)C. The second-order valence-corrected chi connectivity index (χ2v) is 9.28. The molecule has 2 rings (SSSR count). The molecule has 8 nitrogen and oxygen atoms in total.